The molecule has 0 saturated heterocycles. The van der Waals surface area contributed by atoms with Gasteiger partial charge in [0.15, 0.2) is 0 Å². The van der Waals surface area contributed by atoms with Crippen LogP contribution in [0.15, 0.2) is 42.6 Å². The number of nitrogens with one attached hydrogen (secondary N) is 1. The van der Waals surface area contributed by atoms with E-state index in [1.165, 1.54) is 12.1 Å². The highest BCUT2D eigenvalue weighted by atomic mass is 35.5. The number of H-pyrrole nitrogens is 1. The van der Waals surface area contributed by atoms with Gasteiger partial charge in [-0.1, -0.05) is 11.6 Å². The predicted octanol–water partition coefficient (Wildman–Crippen LogP) is 3.51. The second-order valence-corrected chi connectivity index (χ2v) is 4.65. The average molecular weight is 289 g/mol. The Balaban J connectivity index is 2.04. The van der Waals surface area contributed by atoms with Gasteiger partial charge in [0, 0.05) is 22.5 Å². The zero-order valence-electron chi connectivity index (χ0n) is 10.3. The largest absolute Gasteiger partial charge is 0.368 e. The molecule has 20 heavy (non-hydrogen) atoms. The molecule has 3 N–H and O–H groups in total. The molecule has 3 aromatic rings. The molecule has 0 atom stereocenters. The van der Waals surface area contributed by atoms with E-state index in [0.717, 1.165) is 5.69 Å². The van der Waals surface area contributed by atoms with E-state index in [-0.39, 0.29) is 11.8 Å². The summed E-state index contributed by atoms with van der Waals surface area (Å²) >= 11 is 5.89. The lowest BCUT2D eigenvalue weighted by Crippen LogP contribution is -1.95. The van der Waals surface area contributed by atoms with Crippen molar-refractivity contribution in [2.75, 3.05) is 5.73 Å². The van der Waals surface area contributed by atoms with Gasteiger partial charge < -0.3 is 10.7 Å². The highest BCUT2D eigenvalue weighted by Crippen LogP contribution is 2.27. The Kier molecular flexibility index (Phi) is 3.12. The van der Waals surface area contributed by atoms with Crippen LogP contribution >= 0.6 is 11.6 Å². The molecule has 0 aliphatic heterocycles. The molecule has 4 nitrogen and oxygen atoms in total. The van der Waals surface area contributed by atoms with Crippen LogP contribution in [0.4, 0.5) is 10.3 Å². The number of nitrogens with zero attached hydrogens (tertiary/aromatic N) is 2. The summed E-state index contributed by atoms with van der Waals surface area (Å²) < 4.78 is 13.8. The number of aromatic amines is 1. The van der Waals surface area contributed by atoms with Crippen LogP contribution in [0.2, 0.25) is 5.02 Å². The summed E-state index contributed by atoms with van der Waals surface area (Å²) in [6.45, 7) is 0. The molecule has 0 amide bonds. The van der Waals surface area contributed by atoms with E-state index in [0.29, 0.717) is 22.0 Å². The summed E-state index contributed by atoms with van der Waals surface area (Å²) in [7, 11) is 0. The third kappa shape index (κ3) is 2.35. The average Bonchev–Trinajstić information content (AvgIpc) is 2.91. The lowest BCUT2D eigenvalue weighted by atomic mass is 10.1. The highest BCUT2D eigenvalue weighted by molar-refractivity contribution is 6.30. The van der Waals surface area contributed by atoms with Crippen LogP contribution in [0.25, 0.3) is 22.6 Å². The van der Waals surface area contributed by atoms with E-state index in [1.807, 2.05) is 0 Å². The lowest BCUT2D eigenvalue weighted by molar-refractivity contribution is 0.631. The molecule has 0 aliphatic carbocycles. The maximum atomic E-state index is 13.8. The van der Waals surface area contributed by atoms with E-state index >= 15 is 0 Å². The molecule has 2 aromatic heterocycles. The van der Waals surface area contributed by atoms with Crippen LogP contribution in [-0.4, -0.2) is 15.0 Å². The molecular weight excluding hydrogens is 279 g/mol. The zero-order valence-corrected chi connectivity index (χ0v) is 11.0. The van der Waals surface area contributed by atoms with E-state index in [2.05, 4.69) is 15.0 Å². The number of anilines is 1. The van der Waals surface area contributed by atoms with Gasteiger partial charge in [-0.2, -0.15) is 0 Å². The molecule has 0 fully saturated rings. The highest BCUT2D eigenvalue weighted by Gasteiger charge is 2.10. The van der Waals surface area contributed by atoms with Crippen molar-refractivity contribution >= 4 is 17.5 Å². The molecule has 6 heteroatoms. The molecule has 0 aliphatic rings. The van der Waals surface area contributed by atoms with E-state index in [1.54, 1.807) is 30.5 Å². The molecule has 0 spiro atoms. The predicted molar refractivity (Wildman–Crippen MR) is 76.6 cm³/mol. The first-order valence-corrected chi connectivity index (χ1v) is 6.24. The topological polar surface area (TPSA) is 67.6 Å². The number of hydrogen-bond acceptors (Lipinski definition) is 3. The first kappa shape index (κ1) is 12.6. The van der Waals surface area contributed by atoms with Crippen LogP contribution in [0.1, 0.15) is 0 Å². The van der Waals surface area contributed by atoms with Crippen molar-refractivity contribution in [3.63, 3.8) is 0 Å². The van der Waals surface area contributed by atoms with Crippen LogP contribution in [-0.2, 0) is 0 Å². The van der Waals surface area contributed by atoms with Crippen molar-refractivity contribution in [1.82, 2.24) is 15.0 Å². The Bertz CT molecular complexity index is 769. The van der Waals surface area contributed by atoms with Crippen molar-refractivity contribution in [1.29, 1.82) is 0 Å². The molecule has 2 heterocycles. The first-order valence-electron chi connectivity index (χ1n) is 5.87. The summed E-state index contributed by atoms with van der Waals surface area (Å²) in [6, 6.07) is 9.71. The monoisotopic (exact) mass is 288 g/mol. The fourth-order valence-electron chi connectivity index (χ4n) is 1.93. The van der Waals surface area contributed by atoms with Crippen LogP contribution in [0.3, 0.4) is 0 Å². The molecular formula is C14H10ClFN4. The van der Waals surface area contributed by atoms with Gasteiger partial charge in [0.25, 0.3) is 0 Å². The van der Waals surface area contributed by atoms with Gasteiger partial charge in [0.05, 0.1) is 11.4 Å². The number of rotatable bonds is 2. The van der Waals surface area contributed by atoms with E-state index in [9.17, 15) is 4.39 Å². The van der Waals surface area contributed by atoms with E-state index < -0.39 is 0 Å². The molecule has 1 aromatic carbocycles. The van der Waals surface area contributed by atoms with Crippen molar-refractivity contribution in [3.8, 4) is 22.6 Å². The summed E-state index contributed by atoms with van der Waals surface area (Å²) in [5, 5.41) is 0.476. The number of nitrogens with two attached hydrogens (primary N) is 1. The second-order valence-electron chi connectivity index (χ2n) is 4.21. The quantitative estimate of drug-likeness (QED) is 0.758. The van der Waals surface area contributed by atoms with Crippen molar-refractivity contribution in [2.45, 2.75) is 0 Å². The third-order valence-corrected chi connectivity index (χ3v) is 3.09. The third-order valence-electron chi connectivity index (χ3n) is 2.85. The van der Waals surface area contributed by atoms with Crippen molar-refractivity contribution < 1.29 is 4.39 Å². The van der Waals surface area contributed by atoms with Crippen molar-refractivity contribution in [3.05, 3.63) is 53.4 Å². The SMILES string of the molecule is Nc1nccc(-c2ccc(-c3cc(Cl)ccc3F)[nH]2)n1. The van der Waals surface area contributed by atoms with Crippen LogP contribution in [0.5, 0.6) is 0 Å². The Hall–Kier alpha value is -2.40. The zero-order chi connectivity index (χ0) is 14.1. The molecule has 3 rings (SSSR count). The molecule has 0 radical (unpaired) electrons. The Morgan fingerprint density at radius 1 is 1.10 bits per heavy atom. The summed E-state index contributed by atoms with van der Waals surface area (Å²) in [4.78, 5) is 11.0. The minimum atomic E-state index is -0.343. The Morgan fingerprint density at radius 2 is 1.90 bits per heavy atom. The van der Waals surface area contributed by atoms with Gasteiger partial charge in [-0.3, -0.25) is 0 Å². The smallest absolute Gasteiger partial charge is 0.220 e. The van der Waals surface area contributed by atoms with Gasteiger partial charge in [-0.15, -0.1) is 0 Å². The molecule has 0 unspecified atom stereocenters. The summed E-state index contributed by atoms with van der Waals surface area (Å²) in [5.74, 6) is -0.155. The van der Waals surface area contributed by atoms with Crippen LogP contribution in [0, 0.1) is 5.82 Å². The van der Waals surface area contributed by atoms with Crippen LogP contribution < -0.4 is 5.73 Å². The summed E-state index contributed by atoms with van der Waals surface area (Å²) in [6.07, 6.45) is 1.57. The summed E-state index contributed by atoms with van der Waals surface area (Å²) in [5.41, 5.74) is 7.95. The second kappa shape index (κ2) is 4.94. The van der Waals surface area contributed by atoms with Gasteiger partial charge >= 0.3 is 0 Å². The van der Waals surface area contributed by atoms with Gasteiger partial charge in [0.2, 0.25) is 5.95 Å². The number of benzene rings is 1. The van der Waals surface area contributed by atoms with Gasteiger partial charge in [-0.25, -0.2) is 14.4 Å². The fourth-order valence-corrected chi connectivity index (χ4v) is 2.10. The number of hydrogen-bond donors (Lipinski definition) is 2. The normalized spacial score (nSPS) is 10.7. The standard InChI is InChI=1S/C14H10ClFN4/c15-8-1-2-10(16)9(7-8)11-3-4-12(19-11)13-5-6-18-14(17)20-13/h1-7,19H,(H2,17,18,20). The van der Waals surface area contributed by atoms with Gasteiger partial charge in [-0.05, 0) is 36.4 Å². The van der Waals surface area contributed by atoms with E-state index in [4.69, 9.17) is 17.3 Å². The maximum Gasteiger partial charge on any atom is 0.220 e. The molecule has 0 bridgehead atoms. The lowest BCUT2D eigenvalue weighted by Gasteiger charge is -2.02. The fraction of sp³-hybridized carbons (Fsp3) is 0. The molecule has 0 saturated carbocycles. The maximum absolute atomic E-state index is 13.8. The molecule has 100 valence electrons. The number of nitrogen functional groups attached to an aromatic ring is 1. The Labute approximate surface area is 119 Å². The minimum absolute atomic E-state index is 0.188. The number of halogens is 2. The number of aromatic nitrogens is 3. The minimum Gasteiger partial charge on any atom is -0.368 e. The van der Waals surface area contributed by atoms with Gasteiger partial charge in [0.1, 0.15) is 5.82 Å². The van der Waals surface area contributed by atoms with Crippen molar-refractivity contribution in [2.24, 2.45) is 0 Å². The first-order chi connectivity index (χ1) is 9.63. The Morgan fingerprint density at radius 3 is 2.70 bits per heavy atom.